The molecule has 140 valence electrons. The normalized spacial score (nSPS) is 27.0. The summed E-state index contributed by atoms with van der Waals surface area (Å²) in [7, 11) is 0. The highest BCUT2D eigenvalue weighted by atomic mass is 127. The maximum absolute atomic E-state index is 6.00. The molecule has 0 spiro atoms. The molecule has 2 fully saturated rings. The molecule has 0 aromatic heterocycles. The Kier molecular flexibility index (Phi) is 8.49. The predicted molar refractivity (Wildman–Crippen MR) is 115 cm³/mol. The monoisotopic (exact) mass is 457 g/mol. The molecule has 0 aliphatic carbocycles. The smallest absolute Gasteiger partial charge is 0.193 e. The lowest BCUT2D eigenvalue weighted by molar-refractivity contribution is 0.0924. The number of halogens is 1. The molecule has 2 saturated heterocycles. The maximum atomic E-state index is 6.00. The summed E-state index contributed by atoms with van der Waals surface area (Å²) in [5.74, 6) is 2.32. The van der Waals surface area contributed by atoms with Crippen LogP contribution in [0.15, 0.2) is 35.3 Å². The zero-order valence-electron chi connectivity index (χ0n) is 15.5. The van der Waals surface area contributed by atoms with E-state index in [9.17, 15) is 0 Å². The van der Waals surface area contributed by atoms with Crippen LogP contribution in [0.5, 0.6) is 0 Å². The summed E-state index contributed by atoms with van der Waals surface area (Å²) in [4.78, 5) is 7.42. The van der Waals surface area contributed by atoms with Gasteiger partial charge in [0.2, 0.25) is 0 Å². The van der Waals surface area contributed by atoms with Crippen molar-refractivity contribution in [2.45, 2.75) is 39.2 Å². The molecule has 0 bridgehead atoms. The third kappa shape index (κ3) is 5.58. The van der Waals surface area contributed by atoms with Crippen molar-refractivity contribution in [1.82, 2.24) is 10.2 Å². The lowest BCUT2D eigenvalue weighted by atomic mass is 9.95. The van der Waals surface area contributed by atoms with Crippen LogP contribution >= 0.6 is 24.0 Å². The lowest BCUT2D eigenvalue weighted by Crippen LogP contribution is -2.46. The van der Waals surface area contributed by atoms with Crippen LogP contribution in [0.3, 0.4) is 0 Å². The van der Waals surface area contributed by atoms with Crippen molar-refractivity contribution in [2.24, 2.45) is 16.8 Å². The van der Waals surface area contributed by atoms with E-state index < -0.39 is 0 Å². The number of ether oxygens (including phenoxy) is 1. The van der Waals surface area contributed by atoms with Crippen molar-refractivity contribution in [2.75, 3.05) is 32.8 Å². The highest BCUT2D eigenvalue weighted by molar-refractivity contribution is 14.0. The first-order valence-corrected chi connectivity index (χ1v) is 9.47. The third-order valence-electron chi connectivity index (χ3n) is 5.11. The van der Waals surface area contributed by atoms with E-state index in [0.29, 0.717) is 5.92 Å². The molecule has 5 heteroatoms. The average molecular weight is 457 g/mol. The van der Waals surface area contributed by atoms with Crippen LogP contribution < -0.4 is 5.32 Å². The standard InChI is InChI=1S/C20H31N3O.HI/c1-3-21-20(23-12-7-8-16(2)15-23)22-14-18-11-13-24-19(18)17-9-5-4-6-10-17;/h4-6,9-10,16,18-19H,3,7-8,11-15H2,1-2H3,(H,21,22);1H. The van der Waals surface area contributed by atoms with Crippen molar-refractivity contribution in [3.8, 4) is 0 Å². The molecule has 1 aromatic carbocycles. The van der Waals surface area contributed by atoms with Crippen LogP contribution in [-0.2, 0) is 4.74 Å². The maximum Gasteiger partial charge on any atom is 0.193 e. The average Bonchev–Trinajstić information content (AvgIpc) is 3.08. The quantitative estimate of drug-likeness (QED) is 0.421. The Labute approximate surface area is 169 Å². The fraction of sp³-hybridized carbons (Fsp3) is 0.650. The van der Waals surface area contributed by atoms with Gasteiger partial charge < -0.3 is 15.0 Å². The number of hydrogen-bond donors (Lipinski definition) is 1. The second-order valence-electron chi connectivity index (χ2n) is 7.14. The summed E-state index contributed by atoms with van der Waals surface area (Å²) >= 11 is 0. The van der Waals surface area contributed by atoms with Crippen molar-refractivity contribution in [3.05, 3.63) is 35.9 Å². The first-order chi connectivity index (χ1) is 11.8. The largest absolute Gasteiger partial charge is 0.373 e. The first-order valence-electron chi connectivity index (χ1n) is 9.47. The molecule has 3 atom stereocenters. The van der Waals surface area contributed by atoms with Gasteiger partial charge in [-0.1, -0.05) is 37.3 Å². The van der Waals surface area contributed by atoms with Crippen LogP contribution in [-0.4, -0.2) is 43.6 Å². The van der Waals surface area contributed by atoms with Gasteiger partial charge in [-0.2, -0.15) is 0 Å². The number of guanidine groups is 1. The van der Waals surface area contributed by atoms with E-state index in [-0.39, 0.29) is 30.1 Å². The van der Waals surface area contributed by atoms with Crippen LogP contribution in [0, 0.1) is 11.8 Å². The number of piperidine rings is 1. The molecule has 3 rings (SSSR count). The highest BCUT2D eigenvalue weighted by Gasteiger charge is 2.29. The Balaban J connectivity index is 0.00000225. The molecule has 0 amide bonds. The van der Waals surface area contributed by atoms with Gasteiger partial charge in [-0.15, -0.1) is 24.0 Å². The minimum absolute atomic E-state index is 0. The number of nitrogens with one attached hydrogen (secondary N) is 1. The van der Waals surface area contributed by atoms with Gasteiger partial charge in [0.15, 0.2) is 5.96 Å². The predicted octanol–water partition coefficient (Wildman–Crippen LogP) is 4.08. The van der Waals surface area contributed by atoms with Gasteiger partial charge in [-0.25, -0.2) is 0 Å². The molecule has 4 nitrogen and oxygen atoms in total. The topological polar surface area (TPSA) is 36.9 Å². The Morgan fingerprint density at radius 3 is 2.80 bits per heavy atom. The Morgan fingerprint density at radius 2 is 2.08 bits per heavy atom. The molecule has 3 unspecified atom stereocenters. The number of nitrogens with zero attached hydrogens (tertiary/aromatic N) is 2. The van der Waals surface area contributed by atoms with E-state index in [4.69, 9.17) is 9.73 Å². The summed E-state index contributed by atoms with van der Waals surface area (Å²) in [6.45, 7) is 9.34. The lowest BCUT2D eigenvalue weighted by Gasteiger charge is -2.33. The zero-order valence-corrected chi connectivity index (χ0v) is 17.8. The van der Waals surface area contributed by atoms with E-state index in [2.05, 4.69) is 54.4 Å². The van der Waals surface area contributed by atoms with Crippen molar-refractivity contribution in [1.29, 1.82) is 0 Å². The van der Waals surface area contributed by atoms with Crippen LogP contribution in [0.25, 0.3) is 0 Å². The molecule has 0 saturated carbocycles. The van der Waals surface area contributed by atoms with Gasteiger partial charge in [0.1, 0.15) is 0 Å². The van der Waals surface area contributed by atoms with E-state index in [1.807, 2.05) is 0 Å². The fourth-order valence-electron chi connectivity index (χ4n) is 3.84. The van der Waals surface area contributed by atoms with Gasteiger partial charge >= 0.3 is 0 Å². The number of rotatable bonds is 4. The molecular weight excluding hydrogens is 425 g/mol. The SMILES string of the molecule is CCNC(=NCC1CCOC1c1ccccc1)N1CCCC(C)C1.I. The third-order valence-corrected chi connectivity index (χ3v) is 5.11. The number of benzene rings is 1. The first kappa shape index (κ1) is 20.5. The summed E-state index contributed by atoms with van der Waals surface area (Å²) in [6.07, 6.45) is 3.89. The summed E-state index contributed by atoms with van der Waals surface area (Å²) in [5.41, 5.74) is 1.28. The van der Waals surface area contributed by atoms with E-state index in [0.717, 1.165) is 51.1 Å². The minimum atomic E-state index is 0. The molecule has 0 radical (unpaired) electrons. The fourth-order valence-corrected chi connectivity index (χ4v) is 3.84. The number of hydrogen-bond acceptors (Lipinski definition) is 2. The molecule has 25 heavy (non-hydrogen) atoms. The molecule has 1 N–H and O–H groups in total. The van der Waals surface area contributed by atoms with E-state index in [1.54, 1.807) is 0 Å². The highest BCUT2D eigenvalue weighted by Crippen LogP contribution is 2.34. The molecule has 2 aliphatic heterocycles. The summed E-state index contributed by atoms with van der Waals surface area (Å²) < 4.78 is 6.00. The van der Waals surface area contributed by atoms with Crippen molar-refractivity contribution < 1.29 is 4.74 Å². The Morgan fingerprint density at radius 1 is 1.28 bits per heavy atom. The molecule has 2 aliphatic rings. The number of likely N-dealkylation sites (tertiary alicyclic amines) is 1. The van der Waals surface area contributed by atoms with E-state index >= 15 is 0 Å². The minimum Gasteiger partial charge on any atom is -0.373 e. The second kappa shape index (κ2) is 10.4. The molecule has 2 heterocycles. The van der Waals surface area contributed by atoms with Crippen LogP contribution in [0.1, 0.15) is 44.8 Å². The number of aliphatic imine (C=N–C) groups is 1. The van der Waals surface area contributed by atoms with Crippen LogP contribution in [0.2, 0.25) is 0 Å². The second-order valence-corrected chi connectivity index (χ2v) is 7.14. The summed E-state index contributed by atoms with van der Waals surface area (Å²) in [6, 6.07) is 10.6. The molecule has 1 aromatic rings. The van der Waals surface area contributed by atoms with Crippen LogP contribution in [0.4, 0.5) is 0 Å². The Bertz CT molecular complexity index is 537. The van der Waals surface area contributed by atoms with Gasteiger partial charge in [0.25, 0.3) is 0 Å². The Hall–Kier alpha value is -0.820. The van der Waals surface area contributed by atoms with E-state index in [1.165, 1.54) is 18.4 Å². The molecular formula is C20H32IN3O. The van der Waals surface area contributed by atoms with Gasteiger partial charge in [0, 0.05) is 38.7 Å². The van der Waals surface area contributed by atoms with Crippen molar-refractivity contribution in [3.63, 3.8) is 0 Å². The van der Waals surface area contributed by atoms with Gasteiger partial charge in [-0.05, 0) is 37.7 Å². The van der Waals surface area contributed by atoms with Gasteiger partial charge in [-0.3, -0.25) is 4.99 Å². The van der Waals surface area contributed by atoms with Crippen molar-refractivity contribution >= 4 is 29.9 Å². The summed E-state index contributed by atoms with van der Waals surface area (Å²) in [5, 5.41) is 3.49. The zero-order chi connectivity index (χ0) is 16.8. The van der Waals surface area contributed by atoms with Gasteiger partial charge in [0.05, 0.1) is 6.10 Å².